The molecule has 0 bridgehead atoms. The van der Waals surface area contributed by atoms with Crippen LogP contribution in [-0.4, -0.2) is 42.2 Å². The van der Waals surface area contributed by atoms with E-state index < -0.39 is 6.10 Å². The Kier molecular flexibility index (Phi) is 7.32. The van der Waals surface area contributed by atoms with Crippen LogP contribution in [0, 0.1) is 6.92 Å². The van der Waals surface area contributed by atoms with Crippen LogP contribution in [0.1, 0.15) is 36.2 Å². The highest BCUT2D eigenvalue weighted by Crippen LogP contribution is 2.16. The van der Waals surface area contributed by atoms with Crippen LogP contribution in [0.2, 0.25) is 0 Å². The van der Waals surface area contributed by atoms with E-state index in [1.54, 1.807) is 45.2 Å². The number of nitrogens with one attached hydrogen (secondary N) is 1. The van der Waals surface area contributed by atoms with Crippen LogP contribution in [0.5, 0.6) is 5.75 Å². The van der Waals surface area contributed by atoms with Crippen molar-refractivity contribution in [3.63, 3.8) is 0 Å². The number of carbonyl (C=O) groups is 3. The third kappa shape index (κ3) is 5.94. The van der Waals surface area contributed by atoms with Crippen molar-refractivity contribution in [1.82, 2.24) is 4.90 Å². The Morgan fingerprint density at radius 3 is 2.21 bits per heavy atom. The average molecular weight is 382 g/mol. The molecule has 1 atom stereocenters. The van der Waals surface area contributed by atoms with Crippen molar-refractivity contribution in [2.45, 2.75) is 33.3 Å². The predicted octanol–water partition coefficient (Wildman–Crippen LogP) is 3.45. The number of rotatable bonds is 8. The van der Waals surface area contributed by atoms with Crippen molar-refractivity contribution in [2.75, 3.05) is 18.9 Å². The van der Waals surface area contributed by atoms with E-state index in [4.69, 9.17) is 4.74 Å². The molecule has 6 nitrogen and oxygen atoms in total. The van der Waals surface area contributed by atoms with Gasteiger partial charge in [-0.25, -0.2) is 0 Å². The number of likely N-dealkylation sites (N-methyl/N-ethyl adjacent to an activating group) is 1. The predicted molar refractivity (Wildman–Crippen MR) is 109 cm³/mol. The molecule has 0 heterocycles. The summed E-state index contributed by atoms with van der Waals surface area (Å²) in [5.74, 6) is -0.0527. The maximum atomic E-state index is 12.5. The zero-order valence-electron chi connectivity index (χ0n) is 16.7. The van der Waals surface area contributed by atoms with Crippen molar-refractivity contribution in [2.24, 2.45) is 0 Å². The molecule has 0 spiro atoms. The molecule has 0 saturated heterocycles. The van der Waals surface area contributed by atoms with Gasteiger partial charge in [-0.1, -0.05) is 24.6 Å². The Hall–Kier alpha value is -3.15. The van der Waals surface area contributed by atoms with Crippen molar-refractivity contribution in [3.05, 3.63) is 59.7 Å². The summed E-state index contributed by atoms with van der Waals surface area (Å²) in [5.41, 5.74) is 2.39. The first-order chi connectivity index (χ1) is 13.3. The van der Waals surface area contributed by atoms with Gasteiger partial charge in [0.2, 0.25) is 5.91 Å². The van der Waals surface area contributed by atoms with Crippen LogP contribution in [0.15, 0.2) is 48.5 Å². The van der Waals surface area contributed by atoms with Gasteiger partial charge in [0.1, 0.15) is 5.75 Å². The summed E-state index contributed by atoms with van der Waals surface area (Å²) in [4.78, 5) is 37.6. The molecule has 0 fully saturated rings. The minimum atomic E-state index is -0.759. The largest absolute Gasteiger partial charge is 0.481 e. The minimum absolute atomic E-state index is 0.0509. The maximum Gasteiger partial charge on any atom is 0.263 e. The topological polar surface area (TPSA) is 75.7 Å². The molecule has 2 rings (SSSR count). The number of Topliss-reactive ketones (excluding diaryl/α,β-unsaturated/α-hetero) is 1. The molecule has 148 valence electrons. The quantitative estimate of drug-likeness (QED) is 0.710. The van der Waals surface area contributed by atoms with Crippen molar-refractivity contribution < 1.29 is 19.1 Å². The SMILES string of the molecule is CCC(=O)c1ccc(O[C@@H](C)C(=O)N(C)CC(=O)Nc2ccc(C)cc2)cc1. The summed E-state index contributed by atoms with van der Waals surface area (Å²) >= 11 is 0. The second-order valence-corrected chi connectivity index (χ2v) is 6.67. The van der Waals surface area contributed by atoms with Crippen molar-refractivity contribution >= 4 is 23.3 Å². The lowest BCUT2D eigenvalue weighted by Gasteiger charge is -2.22. The van der Waals surface area contributed by atoms with Gasteiger partial charge in [0.25, 0.3) is 5.91 Å². The summed E-state index contributed by atoms with van der Waals surface area (Å²) in [6.07, 6.45) is -0.324. The van der Waals surface area contributed by atoms with Gasteiger partial charge in [-0.3, -0.25) is 14.4 Å². The fourth-order valence-corrected chi connectivity index (χ4v) is 2.62. The van der Waals surface area contributed by atoms with Gasteiger partial charge in [-0.05, 0) is 50.2 Å². The standard InChI is InChI=1S/C22H26N2O4/c1-5-20(25)17-8-12-19(13-9-17)28-16(3)22(27)24(4)14-21(26)23-18-10-6-15(2)7-11-18/h6-13,16H,5,14H2,1-4H3,(H,23,26)/t16-/m0/s1. The lowest BCUT2D eigenvalue weighted by molar-refractivity contribution is -0.139. The number of hydrogen-bond donors (Lipinski definition) is 1. The maximum absolute atomic E-state index is 12.5. The number of carbonyl (C=O) groups excluding carboxylic acids is 3. The third-order valence-electron chi connectivity index (χ3n) is 4.25. The minimum Gasteiger partial charge on any atom is -0.481 e. The second kappa shape index (κ2) is 9.69. The molecule has 1 N–H and O–H groups in total. The van der Waals surface area contributed by atoms with Crippen molar-refractivity contribution in [1.29, 1.82) is 0 Å². The molecule has 0 aliphatic carbocycles. The van der Waals surface area contributed by atoms with E-state index in [0.29, 0.717) is 23.4 Å². The van der Waals surface area contributed by atoms with E-state index in [-0.39, 0.29) is 24.1 Å². The highest BCUT2D eigenvalue weighted by atomic mass is 16.5. The monoisotopic (exact) mass is 382 g/mol. The molecule has 28 heavy (non-hydrogen) atoms. The zero-order valence-corrected chi connectivity index (χ0v) is 16.7. The van der Waals surface area contributed by atoms with Crippen molar-refractivity contribution in [3.8, 4) is 5.75 Å². The van der Waals surface area contributed by atoms with Crippen LogP contribution < -0.4 is 10.1 Å². The molecular weight excluding hydrogens is 356 g/mol. The first-order valence-electron chi connectivity index (χ1n) is 9.21. The van der Waals surface area contributed by atoms with Gasteiger partial charge in [-0.15, -0.1) is 0 Å². The van der Waals surface area contributed by atoms with Gasteiger partial charge in [-0.2, -0.15) is 0 Å². The molecule has 0 unspecified atom stereocenters. The lowest BCUT2D eigenvalue weighted by Crippen LogP contribution is -2.41. The Morgan fingerprint density at radius 1 is 1.04 bits per heavy atom. The summed E-state index contributed by atoms with van der Waals surface area (Å²) in [6, 6.07) is 14.1. The first-order valence-corrected chi connectivity index (χ1v) is 9.21. The van der Waals surface area contributed by atoms with Crippen LogP contribution in [0.3, 0.4) is 0 Å². The Balaban J connectivity index is 1.88. The number of anilines is 1. The highest BCUT2D eigenvalue weighted by molar-refractivity contribution is 5.96. The van der Waals surface area contributed by atoms with Gasteiger partial charge in [0.05, 0.1) is 6.54 Å². The average Bonchev–Trinajstić information content (AvgIpc) is 2.68. The molecule has 0 saturated carbocycles. The fourth-order valence-electron chi connectivity index (χ4n) is 2.62. The van der Waals surface area contributed by atoms with Gasteiger partial charge in [0, 0.05) is 24.7 Å². The van der Waals surface area contributed by atoms with Crippen LogP contribution in [-0.2, 0) is 9.59 Å². The molecule has 0 aromatic heterocycles. The molecule has 2 aromatic rings. The van der Waals surface area contributed by atoms with Crippen LogP contribution in [0.25, 0.3) is 0 Å². The molecule has 2 aromatic carbocycles. The third-order valence-corrected chi connectivity index (χ3v) is 4.25. The van der Waals surface area contributed by atoms with E-state index in [0.717, 1.165) is 5.56 Å². The van der Waals surface area contributed by atoms with E-state index in [1.807, 2.05) is 31.2 Å². The highest BCUT2D eigenvalue weighted by Gasteiger charge is 2.21. The summed E-state index contributed by atoms with van der Waals surface area (Å²) < 4.78 is 5.64. The normalized spacial score (nSPS) is 11.4. The Labute approximate surface area is 165 Å². The number of aryl methyl sites for hydroxylation is 1. The first kappa shape index (κ1) is 21.2. The Morgan fingerprint density at radius 2 is 1.64 bits per heavy atom. The molecular formula is C22H26N2O4. The smallest absolute Gasteiger partial charge is 0.263 e. The molecule has 0 radical (unpaired) electrons. The van der Waals surface area contributed by atoms with Crippen LogP contribution >= 0.6 is 0 Å². The Bertz CT molecular complexity index is 829. The molecule has 2 amide bonds. The zero-order chi connectivity index (χ0) is 20.7. The number of ether oxygens (including phenoxy) is 1. The van der Waals surface area contributed by atoms with Crippen LogP contribution in [0.4, 0.5) is 5.69 Å². The summed E-state index contributed by atoms with van der Waals surface area (Å²) in [5, 5.41) is 2.76. The van der Waals surface area contributed by atoms with E-state index in [9.17, 15) is 14.4 Å². The fraction of sp³-hybridized carbons (Fsp3) is 0.318. The van der Waals surface area contributed by atoms with Gasteiger partial charge in [0.15, 0.2) is 11.9 Å². The lowest BCUT2D eigenvalue weighted by atomic mass is 10.1. The summed E-state index contributed by atoms with van der Waals surface area (Å²) in [7, 11) is 1.56. The molecule has 6 heteroatoms. The number of nitrogens with zero attached hydrogens (tertiary/aromatic N) is 1. The molecule has 0 aliphatic rings. The van der Waals surface area contributed by atoms with E-state index in [2.05, 4.69) is 5.32 Å². The van der Waals surface area contributed by atoms with Gasteiger partial charge >= 0.3 is 0 Å². The summed E-state index contributed by atoms with van der Waals surface area (Å²) in [6.45, 7) is 5.32. The van der Waals surface area contributed by atoms with Gasteiger partial charge < -0.3 is 15.0 Å². The number of hydrogen-bond acceptors (Lipinski definition) is 4. The number of ketones is 1. The number of amides is 2. The number of benzene rings is 2. The second-order valence-electron chi connectivity index (χ2n) is 6.67. The van der Waals surface area contributed by atoms with E-state index >= 15 is 0 Å². The van der Waals surface area contributed by atoms with E-state index in [1.165, 1.54) is 4.90 Å². The molecule has 0 aliphatic heterocycles.